The Morgan fingerprint density at radius 1 is 1.50 bits per heavy atom. The van der Waals surface area contributed by atoms with Gasteiger partial charge >= 0.3 is 0 Å². The molecule has 1 fully saturated rings. The monoisotopic (exact) mass is 268 g/mol. The van der Waals surface area contributed by atoms with Gasteiger partial charge in [0.05, 0.1) is 10.7 Å². The van der Waals surface area contributed by atoms with Crippen molar-refractivity contribution < 1.29 is 5.11 Å². The number of aliphatic hydroxyl groups is 1. The number of thiazole rings is 1. The van der Waals surface area contributed by atoms with Crippen molar-refractivity contribution in [3.63, 3.8) is 0 Å². The summed E-state index contributed by atoms with van der Waals surface area (Å²) >= 11 is 1.79. The van der Waals surface area contributed by atoms with Crippen molar-refractivity contribution >= 4 is 11.3 Å². The van der Waals surface area contributed by atoms with E-state index < -0.39 is 0 Å². The van der Waals surface area contributed by atoms with E-state index in [9.17, 15) is 0 Å². The molecular formula is C14H24N2OS. The molecule has 1 aliphatic rings. The Kier molecular flexibility index (Phi) is 5.60. The van der Waals surface area contributed by atoms with Crippen molar-refractivity contribution in [1.82, 2.24) is 9.88 Å². The third-order valence-corrected chi connectivity index (χ3v) is 4.60. The summed E-state index contributed by atoms with van der Waals surface area (Å²) in [5.74, 6) is 0. The second-order valence-corrected chi connectivity index (χ2v) is 6.06. The molecule has 0 spiro atoms. The van der Waals surface area contributed by atoms with Gasteiger partial charge in [0.1, 0.15) is 0 Å². The third-order valence-electron chi connectivity index (χ3n) is 3.64. The highest BCUT2D eigenvalue weighted by atomic mass is 32.1. The van der Waals surface area contributed by atoms with Gasteiger partial charge in [-0.3, -0.25) is 4.90 Å². The molecular weight excluding hydrogens is 244 g/mol. The van der Waals surface area contributed by atoms with Gasteiger partial charge in [-0.05, 0) is 38.6 Å². The Labute approximate surface area is 114 Å². The summed E-state index contributed by atoms with van der Waals surface area (Å²) in [6.45, 7) is 4.62. The fourth-order valence-corrected chi connectivity index (χ4v) is 3.59. The van der Waals surface area contributed by atoms with Gasteiger partial charge in [0.25, 0.3) is 0 Å². The highest BCUT2D eigenvalue weighted by Crippen LogP contribution is 2.22. The number of rotatable bonds is 6. The average Bonchev–Trinajstić information content (AvgIpc) is 2.80. The van der Waals surface area contributed by atoms with Crippen molar-refractivity contribution in [3.8, 4) is 0 Å². The van der Waals surface area contributed by atoms with Crippen LogP contribution in [-0.4, -0.2) is 34.2 Å². The largest absolute Gasteiger partial charge is 0.396 e. The van der Waals surface area contributed by atoms with E-state index in [0.29, 0.717) is 12.6 Å². The minimum Gasteiger partial charge on any atom is -0.396 e. The van der Waals surface area contributed by atoms with Gasteiger partial charge in [-0.2, -0.15) is 0 Å². The zero-order valence-corrected chi connectivity index (χ0v) is 12.1. The molecule has 0 aromatic carbocycles. The molecule has 0 amide bonds. The molecule has 1 aromatic rings. The quantitative estimate of drug-likeness (QED) is 0.862. The number of aryl methyl sites for hydroxylation is 1. The van der Waals surface area contributed by atoms with Crippen LogP contribution >= 0.6 is 11.3 Å². The topological polar surface area (TPSA) is 36.4 Å². The number of nitrogens with zero attached hydrogens (tertiary/aromatic N) is 2. The molecule has 102 valence electrons. The lowest BCUT2D eigenvalue weighted by molar-refractivity contribution is 0.111. The molecule has 1 unspecified atom stereocenters. The molecule has 2 rings (SSSR count). The van der Waals surface area contributed by atoms with Crippen LogP contribution in [-0.2, 0) is 13.0 Å². The molecule has 1 aromatic heterocycles. The zero-order valence-electron chi connectivity index (χ0n) is 11.3. The molecule has 1 saturated heterocycles. The van der Waals surface area contributed by atoms with Crippen LogP contribution in [0.5, 0.6) is 0 Å². The van der Waals surface area contributed by atoms with Gasteiger partial charge in [0.15, 0.2) is 0 Å². The zero-order chi connectivity index (χ0) is 12.8. The molecule has 0 saturated carbocycles. The van der Waals surface area contributed by atoms with Gasteiger partial charge in [-0.15, -0.1) is 11.3 Å². The van der Waals surface area contributed by atoms with Gasteiger partial charge in [-0.25, -0.2) is 4.98 Å². The van der Waals surface area contributed by atoms with Crippen LogP contribution in [0.1, 0.15) is 49.7 Å². The number of hydrogen-bond acceptors (Lipinski definition) is 4. The maximum Gasteiger partial charge on any atom is 0.0928 e. The molecule has 18 heavy (non-hydrogen) atoms. The summed E-state index contributed by atoms with van der Waals surface area (Å²) in [7, 11) is 0. The maximum atomic E-state index is 9.14. The Morgan fingerprint density at radius 2 is 2.39 bits per heavy atom. The number of piperidine rings is 1. The molecule has 2 heterocycles. The van der Waals surface area contributed by atoms with Gasteiger partial charge < -0.3 is 5.11 Å². The van der Waals surface area contributed by atoms with Crippen LogP contribution in [0.25, 0.3) is 0 Å². The Balaban J connectivity index is 1.92. The highest BCUT2D eigenvalue weighted by molar-refractivity contribution is 7.09. The lowest BCUT2D eigenvalue weighted by atomic mass is 9.99. The fourth-order valence-electron chi connectivity index (χ4n) is 2.70. The molecule has 0 bridgehead atoms. The second-order valence-electron chi connectivity index (χ2n) is 5.11. The number of likely N-dealkylation sites (tertiary alicyclic amines) is 1. The summed E-state index contributed by atoms with van der Waals surface area (Å²) in [4.78, 5) is 7.21. The average molecular weight is 268 g/mol. The number of hydrogen-bond donors (Lipinski definition) is 1. The SMILES string of the molecule is CCCc1nc(CN2CCCCC2CCO)cs1. The standard InChI is InChI=1S/C14H24N2OS/c1-2-5-14-15-12(11-18-14)10-16-8-4-3-6-13(16)7-9-17/h11,13,17H,2-10H2,1H3. The Hall–Kier alpha value is -0.450. The lowest BCUT2D eigenvalue weighted by Gasteiger charge is -2.35. The molecule has 3 nitrogen and oxygen atoms in total. The van der Waals surface area contributed by atoms with Crippen molar-refractivity contribution in [1.29, 1.82) is 0 Å². The van der Waals surface area contributed by atoms with Crippen LogP contribution in [0.15, 0.2) is 5.38 Å². The first-order valence-electron chi connectivity index (χ1n) is 7.11. The van der Waals surface area contributed by atoms with Crippen LogP contribution in [0.4, 0.5) is 0 Å². The summed E-state index contributed by atoms with van der Waals surface area (Å²) in [5, 5.41) is 12.6. The molecule has 1 aliphatic heterocycles. The summed E-state index contributed by atoms with van der Waals surface area (Å²) in [6, 6.07) is 0.556. The molecule has 1 atom stereocenters. The molecule has 0 radical (unpaired) electrons. The van der Waals surface area contributed by atoms with E-state index in [4.69, 9.17) is 10.1 Å². The van der Waals surface area contributed by atoms with Crippen LogP contribution in [0.3, 0.4) is 0 Å². The van der Waals surface area contributed by atoms with Gasteiger partial charge in [0, 0.05) is 24.6 Å². The first kappa shape index (κ1) is 14.0. The predicted molar refractivity (Wildman–Crippen MR) is 75.9 cm³/mol. The number of aromatic nitrogens is 1. The van der Waals surface area contributed by atoms with E-state index in [2.05, 4.69) is 17.2 Å². The van der Waals surface area contributed by atoms with E-state index in [-0.39, 0.29) is 0 Å². The van der Waals surface area contributed by atoms with Crippen molar-refractivity contribution in [2.24, 2.45) is 0 Å². The van der Waals surface area contributed by atoms with E-state index in [1.54, 1.807) is 11.3 Å². The van der Waals surface area contributed by atoms with Crippen molar-refractivity contribution in [3.05, 3.63) is 16.1 Å². The number of aliphatic hydroxyl groups excluding tert-OH is 1. The molecule has 1 N–H and O–H groups in total. The third kappa shape index (κ3) is 3.77. The predicted octanol–water partition coefficient (Wildman–Crippen LogP) is 2.83. The van der Waals surface area contributed by atoms with Crippen LogP contribution < -0.4 is 0 Å². The summed E-state index contributed by atoms with van der Waals surface area (Å²) in [5.41, 5.74) is 1.22. The van der Waals surface area contributed by atoms with Crippen LogP contribution in [0.2, 0.25) is 0 Å². The lowest BCUT2D eigenvalue weighted by Crippen LogP contribution is -2.39. The fraction of sp³-hybridized carbons (Fsp3) is 0.786. The Morgan fingerprint density at radius 3 is 3.17 bits per heavy atom. The van der Waals surface area contributed by atoms with E-state index >= 15 is 0 Å². The van der Waals surface area contributed by atoms with E-state index in [1.807, 2.05) is 0 Å². The smallest absolute Gasteiger partial charge is 0.0928 e. The normalized spacial score (nSPS) is 21.3. The van der Waals surface area contributed by atoms with Gasteiger partial charge in [-0.1, -0.05) is 13.3 Å². The van der Waals surface area contributed by atoms with Crippen LogP contribution in [0, 0.1) is 0 Å². The van der Waals surface area contributed by atoms with Crippen molar-refractivity contribution in [2.75, 3.05) is 13.2 Å². The first-order valence-corrected chi connectivity index (χ1v) is 7.99. The van der Waals surface area contributed by atoms with E-state index in [0.717, 1.165) is 25.9 Å². The minimum atomic E-state index is 0.305. The summed E-state index contributed by atoms with van der Waals surface area (Å²) in [6.07, 6.45) is 7.00. The Bertz CT molecular complexity index is 351. The van der Waals surface area contributed by atoms with Gasteiger partial charge in [0.2, 0.25) is 0 Å². The maximum absolute atomic E-state index is 9.14. The first-order chi connectivity index (χ1) is 8.83. The minimum absolute atomic E-state index is 0.305. The molecule has 4 heteroatoms. The van der Waals surface area contributed by atoms with Crippen molar-refractivity contribution in [2.45, 2.75) is 58.0 Å². The molecule has 0 aliphatic carbocycles. The highest BCUT2D eigenvalue weighted by Gasteiger charge is 2.22. The second kappa shape index (κ2) is 7.22. The summed E-state index contributed by atoms with van der Waals surface area (Å²) < 4.78 is 0. The van der Waals surface area contributed by atoms with E-state index in [1.165, 1.54) is 36.4 Å².